The molecule has 0 aromatic carbocycles. The molecule has 0 N–H and O–H groups in total. The van der Waals surface area contributed by atoms with Gasteiger partial charge in [0.15, 0.2) is 6.29 Å². The highest BCUT2D eigenvalue weighted by Gasteiger charge is 2.18. The molecule has 0 aliphatic heterocycles. The van der Waals surface area contributed by atoms with Crippen molar-refractivity contribution in [3.63, 3.8) is 0 Å². The lowest BCUT2D eigenvalue weighted by Crippen LogP contribution is -1.83. The fraction of sp³-hybridized carbons (Fsp3) is 0.188. The molecule has 1 nitrogen and oxygen atoms in total. The molecule has 0 bridgehead atoms. The lowest BCUT2D eigenvalue weighted by molar-refractivity contribution is 0.112. The molecule has 0 unspecified atom stereocenters. The van der Waals surface area contributed by atoms with E-state index < -0.39 is 0 Å². The minimum atomic E-state index is 0.797. The Labute approximate surface area is 130 Å². The summed E-state index contributed by atoms with van der Waals surface area (Å²) in [5, 5.41) is 2.12. The third kappa shape index (κ3) is 2.28. The Morgan fingerprint density at radius 3 is 2.55 bits per heavy atom. The van der Waals surface area contributed by atoms with Crippen molar-refractivity contribution in [3.8, 4) is 19.5 Å². The average Bonchev–Trinajstić information content (AvgIpc) is 3.17. The molecular formula is C16H14OS3. The Kier molecular flexibility index (Phi) is 3.87. The van der Waals surface area contributed by atoms with Crippen molar-refractivity contribution in [3.05, 3.63) is 45.6 Å². The van der Waals surface area contributed by atoms with Crippen LogP contribution < -0.4 is 0 Å². The summed E-state index contributed by atoms with van der Waals surface area (Å²) in [6.45, 7) is 4.41. The van der Waals surface area contributed by atoms with Crippen LogP contribution in [0, 0.1) is 6.92 Å². The largest absolute Gasteiger partial charge is 0.297 e. The number of aldehydes is 1. The third-order valence-electron chi connectivity index (χ3n) is 3.34. The van der Waals surface area contributed by atoms with Crippen LogP contribution in [-0.2, 0) is 6.42 Å². The molecule has 20 heavy (non-hydrogen) atoms. The second-order valence-corrected chi connectivity index (χ2v) is 7.60. The zero-order valence-electron chi connectivity index (χ0n) is 11.3. The molecule has 4 heteroatoms. The van der Waals surface area contributed by atoms with E-state index in [1.807, 2.05) is 17.4 Å². The van der Waals surface area contributed by atoms with Gasteiger partial charge in [0.1, 0.15) is 0 Å². The van der Waals surface area contributed by atoms with Crippen LogP contribution >= 0.6 is 34.0 Å². The van der Waals surface area contributed by atoms with Crippen molar-refractivity contribution in [2.45, 2.75) is 20.3 Å². The Morgan fingerprint density at radius 1 is 1.10 bits per heavy atom. The normalized spacial score (nSPS) is 10.9. The molecule has 3 rings (SSSR count). The molecular weight excluding hydrogens is 304 g/mol. The monoisotopic (exact) mass is 318 g/mol. The van der Waals surface area contributed by atoms with Gasteiger partial charge in [0.05, 0.1) is 4.88 Å². The Balaban J connectivity index is 2.15. The van der Waals surface area contributed by atoms with Crippen LogP contribution in [0.4, 0.5) is 0 Å². The minimum Gasteiger partial charge on any atom is -0.297 e. The molecule has 0 atom stereocenters. The van der Waals surface area contributed by atoms with E-state index in [4.69, 9.17) is 0 Å². The number of carbonyl (C=O) groups excluding carboxylic acids is 1. The molecule has 3 aromatic rings. The summed E-state index contributed by atoms with van der Waals surface area (Å²) < 4.78 is 0. The molecule has 3 aromatic heterocycles. The van der Waals surface area contributed by atoms with Crippen LogP contribution in [0.15, 0.2) is 29.6 Å². The van der Waals surface area contributed by atoms with Gasteiger partial charge in [0.25, 0.3) is 0 Å². The van der Waals surface area contributed by atoms with Crippen molar-refractivity contribution in [1.82, 2.24) is 0 Å². The van der Waals surface area contributed by atoms with E-state index in [2.05, 4.69) is 37.4 Å². The SMILES string of the molecule is CCc1c(-c2ccc(C=O)s2)sc(-c2cccs2)c1C. The quantitative estimate of drug-likeness (QED) is 0.548. The van der Waals surface area contributed by atoms with Gasteiger partial charge in [-0.15, -0.1) is 34.0 Å². The lowest BCUT2D eigenvalue weighted by atomic mass is 10.1. The summed E-state index contributed by atoms with van der Waals surface area (Å²) in [7, 11) is 0. The predicted octanol–water partition coefficient (Wildman–Crippen LogP) is 5.89. The number of thiophene rings is 3. The van der Waals surface area contributed by atoms with Crippen molar-refractivity contribution < 1.29 is 4.79 Å². The van der Waals surface area contributed by atoms with E-state index in [1.54, 1.807) is 22.7 Å². The average molecular weight is 318 g/mol. The van der Waals surface area contributed by atoms with Crippen molar-refractivity contribution in [2.24, 2.45) is 0 Å². The summed E-state index contributed by atoms with van der Waals surface area (Å²) in [5.41, 5.74) is 2.80. The molecule has 0 saturated carbocycles. The molecule has 0 spiro atoms. The van der Waals surface area contributed by atoms with Gasteiger partial charge in [-0.25, -0.2) is 0 Å². The van der Waals surface area contributed by atoms with E-state index in [0.29, 0.717) is 0 Å². The highest BCUT2D eigenvalue weighted by atomic mass is 32.1. The van der Waals surface area contributed by atoms with Crippen LogP contribution in [0.2, 0.25) is 0 Å². The molecule has 0 amide bonds. The third-order valence-corrected chi connectivity index (χ3v) is 6.91. The van der Waals surface area contributed by atoms with Gasteiger partial charge in [-0.3, -0.25) is 4.79 Å². The summed E-state index contributed by atoms with van der Waals surface area (Å²) in [6.07, 6.45) is 1.96. The van der Waals surface area contributed by atoms with Crippen LogP contribution in [0.3, 0.4) is 0 Å². The van der Waals surface area contributed by atoms with Crippen LogP contribution in [-0.4, -0.2) is 6.29 Å². The second-order valence-electron chi connectivity index (χ2n) is 4.51. The maximum Gasteiger partial charge on any atom is 0.160 e. The molecule has 0 aliphatic rings. The molecule has 0 aliphatic carbocycles. The number of hydrogen-bond donors (Lipinski definition) is 0. The Hall–Kier alpha value is -1.23. The number of hydrogen-bond acceptors (Lipinski definition) is 4. The highest BCUT2D eigenvalue weighted by molar-refractivity contribution is 7.26. The first-order valence-electron chi connectivity index (χ1n) is 6.46. The van der Waals surface area contributed by atoms with Gasteiger partial charge in [-0.1, -0.05) is 13.0 Å². The van der Waals surface area contributed by atoms with Crippen LogP contribution in [0.1, 0.15) is 27.7 Å². The predicted molar refractivity (Wildman–Crippen MR) is 90.4 cm³/mol. The number of carbonyl (C=O) groups is 1. The van der Waals surface area contributed by atoms with Gasteiger partial charge < -0.3 is 0 Å². The molecule has 3 heterocycles. The van der Waals surface area contributed by atoms with E-state index in [1.165, 1.54) is 30.6 Å². The van der Waals surface area contributed by atoms with E-state index in [-0.39, 0.29) is 0 Å². The molecule has 0 fully saturated rings. The maximum absolute atomic E-state index is 10.9. The zero-order valence-corrected chi connectivity index (χ0v) is 13.8. The van der Waals surface area contributed by atoms with Gasteiger partial charge in [-0.2, -0.15) is 0 Å². The summed E-state index contributed by atoms with van der Waals surface area (Å²) in [4.78, 5) is 16.9. The van der Waals surface area contributed by atoms with Gasteiger partial charge in [0.2, 0.25) is 0 Å². The topological polar surface area (TPSA) is 17.1 Å². The zero-order chi connectivity index (χ0) is 14.1. The second kappa shape index (κ2) is 5.64. The number of rotatable bonds is 4. The van der Waals surface area contributed by atoms with Gasteiger partial charge in [-0.05, 0) is 48.1 Å². The van der Waals surface area contributed by atoms with E-state index in [0.717, 1.165) is 17.6 Å². The summed E-state index contributed by atoms with van der Waals surface area (Å²) in [5.74, 6) is 0. The molecule has 0 saturated heterocycles. The minimum absolute atomic E-state index is 0.797. The fourth-order valence-electron chi connectivity index (χ4n) is 2.35. The first-order valence-corrected chi connectivity index (χ1v) is 8.97. The Morgan fingerprint density at radius 2 is 1.95 bits per heavy atom. The first kappa shape index (κ1) is 13.7. The molecule has 0 radical (unpaired) electrons. The maximum atomic E-state index is 10.9. The lowest BCUT2D eigenvalue weighted by Gasteiger charge is -1.99. The van der Waals surface area contributed by atoms with Gasteiger partial charge >= 0.3 is 0 Å². The summed E-state index contributed by atoms with van der Waals surface area (Å²) >= 11 is 5.22. The molecule has 102 valence electrons. The summed E-state index contributed by atoms with van der Waals surface area (Å²) in [6, 6.07) is 8.25. The first-order chi connectivity index (χ1) is 9.74. The van der Waals surface area contributed by atoms with Crippen molar-refractivity contribution in [1.29, 1.82) is 0 Å². The smallest absolute Gasteiger partial charge is 0.160 e. The van der Waals surface area contributed by atoms with Crippen LogP contribution in [0.5, 0.6) is 0 Å². The van der Waals surface area contributed by atoms with Crippen molar-refractivity contribution >= 4 is 40.3 Å². The highest BCUT2D eigenvalue weighted by Crippen LogP contribution is 2.45. The van der Waals surface area contributed by atoms with E-state index in [9.17, 15) is 4.79 Å². The van der Waals surface area contributed by atoms with Crippen LogP contribution in [0.25, 0.3) is 19.5 Å². The van der Waals surface area contributed by atoms with Crippen molar-refractivity contribution in [2.75, 3.05) is 0 Å². The standard InChI is InChI=1S/C16H14OS3/c1-3-12-10(2)15(13-5-4-8-18-13)20-16(12)14-7-6-11(9-17)19-14/h4-9H,3H2,1-2H3. The van der Waals surface area contributed by atoms with E-state index >= 15 is 0 Å². The Bertz CT molecular complexity index is 732. The fourth-order valence-corrected chi connectivity index (χ4v) is 5.62. The van der Waals surface area contributed by atoms with Gasteiger partial charge in [0, 0.05) is 19.5 Å².